The van der Waals surface area contributed by atoms with Gasteiger partial charge in [0.15, 0.2) is 0 Å². The Labute approximate surface area is 144 Å². The van der Waals surface area contributed by atoms with E-state index >= 15 is 0 Å². The second-order valence-corrected chi connectivity index (χ2v) is 7.29. The van der Waals surface area contributed by atoms with Crippen LogP contribution in [-0.2, 0) is 10.0 Å². The Hall–Kier alpha value is -1.96. The molecule has 0 amide bonds. The second-order valence-electron chi connectivity index (χ2n) is 5.12. The zero-order valence-corrected chi connectivity index (χ0v) is 14.2. The van der Waals surface area contributed by atoms with E-state index in [0.29, 0.717) is 16.3 Å². The van der Waals surface area contributed by atoms with Gasteiger partial charge < -0.3 is 5.11 Å². The van der Waals surface area contributed by atoms with Crippen molar-refractivity contribution in [1.29, 1.82) is 0 Å². The number of aromatic hydroxyl groups is 1. The van der Waals surface area contributed by atoms with Crippen LogP contribution < -0.4 is 5.14 Å². The van der Waals surface area contributed by atoms with Crippen molar-refractivity contribution in [3.63, 3.8) is 0 Å². The monoisotopic (exact) mass is 370 g/mol. The number of hydrogen-bond acceptors (Lipinski definition) is 4. The summed E-state index contributed by atoms with van der Waals surface area (Å²) in [6, 6.07) is 10.2. The van der Waals surface area contributed by atoms with E-state index in [1.165, 1.54) is 12.1 Å². The average Bonchev–Trinajstić information content (AvgIpc) is 2.50. The average molecular weight is 371 g/mol. The topological polar surface area (TPSA) is 92.8 Å². The van der Waals surface area contributed by atoms with E-state index in [4.69, 9.17) is 16.7 Å². The van der Waals surface area contributed by atoms with Gasteiger partial charge in [0.1, 0.15) is 11.6 Å². The summed E-state index contributed by atoms with van der Waals surface area (Å²) in [5.41, 5.74) is 1.18. The molecule has 8 heteroatoms. The van der Waals surface area contributed by atoms with Crippen molar-refractivity contribution < 1.29 is 17.9 Å². The lowest BCUT2D eigenvalue weighted by molar-refractivity contribution is 0.472. The van der Waals surface area contributed by atoms with E-state index in [2.05, 4.69) is 4.99 Å². The van der Waals surface area contributed by atoms with Crippen LogP contribution in [0.5, 0.6) is 5.75 Å². The standard InChI is InChI=1S/C16H16ClFN2O3S/c17-12-4-2-11(3-5-12)16(20-8-1-9-24(19,22)23)14-10-13(18)6-7-15(14)21/h2-7,10,21H,1,8-9H2,(H2,19,22,23)/b20-16+. The van der Waals surface area contributed by atoms with Gasteiger partial charge in [-0.15, -0.1) is 0 Å². The molecule has 0 aliphatic heterocycles. The summed E-state index contributed by atoms with van der Waals surface area (Å²) in [5, 5.41) is 15.5. The van der Waals surface area contributed by atoms with Gasteiger partial charge in [-0.3, -0.25) is 4.99 Å². The van der Waals surface area contributed by atoms with E-state index in [1.54, 1.807) is 24.3 Å². The SMILES string of the molecule is NS(=O)(=O)CCC/N=C(\c1ccc(Cl)cc1)c1cc(F)ccc1O. The summed E-state index contributed by atoms with van der Waals surface area (Å²) in [4.78, 5) is 4.33. The van der Waals surface area contributed by atoms with Gasteiger partial charge in [-0.05, 0) is 36.8 Å². The Kier molecular flexibility index (Phi) is 5.93. The summed E-state index contributed by atoms with van der Waals surface area (Å²) in [7, 11) is -3.57. The van der Waals surface area contributed by atoms with Crippen LogP contribution in [0.3, 0.4) is 0 Å². The normalized spacial score (nSPS) is 12.4. The van der Waals surface area contributed by atoms with Crippen molar-refractivity contribution in [3.8, 4) is 5.75 Å². The number of sulfonamides is 1. The maximum atomic E-state index is 13.5. The lowest BCUT2D eigenvalue weighted by Crippen LogP contribution is -2.17. The minimum atomic E-state index is -3.57. The van der Waals surface area contributed by atoms with Crippen molar-refractivity contribution in [1.82, 2.24) is 0 Å². The van der Waals surface area contributed by atoms with E-state index in [9.17, 15) is 17.9 Å². The Morgan fingerprint density at radius 2 is 1.88 bits per heavy atom. The van der Waals surface area contributed by atoms with Crippen LogP contribution in [0.2, 0.25) is 5.02 Å². The number of halogens is 2. The molecule has 2 aromatic carbocycles. The number of primary sulfonamides is 1. The number of phenolic OH excluding ortho intramolecular Hbond substituents is 1. The van der Waals surface area contributed by atoms with Gasteiger partial charge in [0.05, 0.1) is 11.5 Å². The Morgan fingerprint density at radius 1 is 1.21 bits per heavy atom. The van der Waals surface area contributed by atoms with Gasteiger partial charge in [0, 0.05) is 22.7 Å². The fraction of sp³-hybridized carbons (Fsp3) is 0.188. The number of aliphatic imine (C=N–C) groups is 1. The largest absolute Gasteiger partial charge is 0.507 e. The van der Waals surface area contributed by atoms with Gasteiger partial charge in [-0.2, -0.15) is 0 Å². The molecule has 0 radical (unpaired) electrons. The van der Waals surface area contributed by atoms with Gasteiger partial charge in [-0.1, -0.05) is 23.7 Å². The molecule has 2 rings (SSSR count). The highest BCUT2D eigenvalue weighted by atomic mass is 35.5. The highest BCUT2D eigenvalue weighted by Crippen LogP contribution is 2.23. The van der Waals surface area contributed by atoms with E-state index < -0.39 is 15.8 Å². The molecule has 0 heterocycles. The summed E-state index contributed by atoms with van der Waals surface area (Å²) in [6.45, 7) is 0.157. The highest BCUT2D eigenvalue weighted by molar-refractivity contribution is 7.89. The fourth-order valence-electron chi connectivity index (χ4n) is 2.09. The van der Waals surface area contributed by atoms with Crippen molar-refractivity contribution in [3.05, 3.63) is 64.4 Å². The third-order valence-electron chi connectivity index (χ3n) is 3.19. The molecule has 0 aliphatic rings. The summed E-state index contributed by atoms with van der Waals surface area (Å²) < 4.78 is 35.5. The quantitative estimate of drug-likeness (QED) is 0.604. The molecule has 0 aliphatic carbocycles. The molecule has 0 unspecified atom stereocenters. The van der Waals surface area contributed by atoms with Crippen molar-refractivity contribution in [2.45, 2.75) is 6.42 Å². The number of rotatable bonds is 6. The minimum absolute atomic E-state index is 0.128. The molecule has 0 bridgehead atoms. The molecule has 0 saturated carbocycles. The molecule has 128 valence electrons. The van der Waals surface area contributed by atoms with Crippen LogP contribution in [0.15, 0.2) is 47.5 Å². The first-order chi connectivity index (χ1) is 11.3. The zero-order chi connectivity index (χ0) is 17.7. The maximum Gasteiger partial charge on any atom is 0.209 e. The van der Waals surface area contributed by atoms with E-state index in [0.717, 1.165) is 6.07 Å². The predicted octanol–water partition coefficient (Wildman–Crippen LogP) is 2.70. The summed E-state index contributed by atoms with van der Waals surface area (Å²) in [6.07, 6.45) is 0.214. The van der Waals surface area contributed by atoms with Crippen LogP contribution in [0.1, 0.15) is 17.5 Å². The number of phenols is 1. The van der Waals surface area contributed by atoms with Crippen LogP contribution >= 0.6 is 11.6 Å². The predicted molar refractivity (Wildman–Crippen MR) is 92.6 cm³/mol. The second kappa shape index (κ2) is 7.74. The molecular weight excluding hydrogens is 355 g/mol. The van der Waals surface area contributed by atoms with E-state index in [1.807, 2.05) is 0 Å². The molecule has 24 heavy (non-hydrogen) atoms. The van der Waals surface area contributed by atoms with Crippen LogP contribution in [0.4, 0.5) is 4.39 Å². The molecule has 0 saturated heterocycles. The first kappa shape index (κ1) is 18.4. The number of nitrogens with two attached hydrogens (primary N) is 1. The number of benzene rings is 2. The van der Waals surface area contributed by atoms with Gasteiger partial charge >= 0.3 is 0 Å². The molecular formula is C16H16ClFN2O3S. The minimum Gasteiger partial charge on any atom is -0.507 e. The van der Waals surface area contributed by atoms with Gasteiger partial charge in [0.25, 0.3) is 0 Å². The third-order valence-corrected chi connectivity index (χ3v) is 4.30. The third kappa shape index (κ3) is 5.30. The summed E-state index contributed by atoms with van der Waals surface area (Å²) in [5.74, 6) is -0.856. The molecule has 0 fully saturated rings. The Morgan fingerprint density at radius 3 is 2.50 bits per heavy atom. The number of hydrogen-bond donors (Lipinski definition) is 2. The molecule has 0 spiro atoms. The Balaban J connectivity index is 2.37. The Bertz CT molecular complexity index is 852. The lowest BCUT2D eigenvalue weighted by Gasteiger charge is -2.10. The van der Waals surface area contributed by atoms with Crippen molar-refractivity contribution >= 4 is 27.3 Å². The lowest BCUT2D eigenvalue weighted by atomic mass is 10.0. The van der Waals surface area contributed by atoms with Crippen LogP contribution in [0, 0.1) is 5.82 Å². The fourth-order valence-corrected chi connectivity index (χ4v) is 2.75. The smallest absolute Gasteiger partial charge is 0.209 e. The first-order valence-corrected chi connectivity index (χ1v) is 9.15. The van der Waals surface area contributed by atoms with Gasteiger partial charge in [0.2, 0.25) is 10.0 Å². The van der Waals surface area contributed by atoms with Crippen molar-refractivity contribution in [2.24, 2.45) is 10.1 Å². The molecule has 2 aromatic rings. The van der Waals surface area contributed by atoms with E-state index in [-0.39, 0.29) is 30.0 Å². The summed E-state index contributed by atoms with van der Waals surface area (Å²) >= 11 is 5.87. The maximum absolute atomic E-state index is 13.5. The molecule has 0 atom stereocenters. The van der Waals surface area contributed by atoms with Gasteiger partial charge in [-0.25, -0.2) is 17.9 Å². The first-order valence-electron chi connectivity index (χ1n) is 7.06. The highest BCUT2D eigenvalue weighted by Gasteiger charge is 2.13. The van der Waals surface area contributed by atoms with Crippen LogP contribution in [0.25, 0.3) is 0 Å². The van der Waals surface area contributed by atoms with Crippen LogP contribution in [-0.4, -0.2) is 31.5 Å². The number of nitrogens with zero attached hydrogens (tertiary/aromatic N) is 1. The molecule has 5 nitrogen and oxygen atoms in total. The van der Waals surface area contributed by atoms with Crippen molar-refractivity contribution in [2.75, 3.05) is 12.3 Å². The molecule has 3 N–H and O–H groups in total. The zero-order valence-electron chi connectivity index (χ0n) is 12.6. The molecule has 0 aromatic heterocycles.